The van der Waals surface area contributed by atoms with E-state index in [9.17, 15) is 4.79 Å². The number of aryl methyl sites for hydroxylation is 1. The first-order chi connectivity index (χ1) is 10.9. The number of aromatic nitrogens is 2. The number of ether oxygens (including phenoxy) is 2. The number of carbonyl (C=O) groups is 1. The molecule has 1 saturated heterocycles. The van der Waals surface area contributed by atoms with Crippen molar-refractivity contribution in [2.45, 2.75) is 59.3 Å². The average Bonchev–Trinajstić information content (AvgIpc) is 2.93. The van der Waals surface area contributed by atoms with Crippen LogP contribution in [0.3, 0.4) is 0 Å². The first-order valence-corrected chi connectivity index (χ1v) is 8.43. The number of hydrogen-bond donors (Lipinski definition) is 0. The van der Waals surface area contributed by atoms with E-state index in [2.05, 4.69) is 16.5 Å². The Hall–Kier alpha value is -1.56. The van der Waals surface area contributed by atoms with Gasteiger partial charge in [-0.25, -0.2) is 9.78 Å². The van der Waals surface area contributed by atoms with Gasteiger partial charge in [-0.3, -0.25) is 0 Å². The molecule has 0 aromatic carbocycles. The third kappa shape index (κ3) is 5.53. The first kappa shape index (κ1) is 17.8. The standard InChI is InChI=1S/C17H29N3O3/c1-5-19-13-18-9-15(19)12-22-11-14-7-6-8-20(10-14)16(21)23-17(2,3)4/h9,13-14H,5-8,10-12H2,1-4H3/t14-/m0/s1. The molecule has 0 spiro atoms. The number of likely N-dealkylation sites (tertiary alicyclic amines) is 1. The Balaban J connectivity index is 1.77. The topological polar surface area (TPSA) is 56.6 Å². The lowest BCUT2D eigenvalue weighted by Crippen LogP contribution is -2.43. The summed E-state index contributed by atoms with van der Waals surface area (Å²) in [6.45, 7) is 11.4. The van der Waals surface area contributed by atoms with Crippen molar-refractivity contribution in [2.75, 3.05) is 19.7 Å². The molecule has 1 aliphatic heterocycles. The molecule has 0 aliphatic carbocycles. The Morgan fingerprint density at radius 2 is 2.22 bits per heavy atom. The number of imidazole rings is 1. The number of amides is 1. The van der Waals surface area contributed by atoms with Gasteiger partial charge in [-0.15, -0.1) is 0 Å². The quantitative estimate of drug-likeness (QED) is 0.835. The zero-order valence-corrected chi connectivity index (χ0v) is 14.7. The molecule has 1 atom stereocenters. The van der Waals surface area contributed by atoms with Crippen LogP contribution in [-0.4, -0.2) is 45.8 Å². The summed E-state index contributed by atoms with van der Waals surface area (Å²) in [6.07, 6.45) is 5.54. The predicted octanol–water partition coefficient (Wildman–Crippen LogP) is 3.07. The molecule has 6 nitrogen and oxygen atoms in total. The zero-order valence-electron chi connectivity index (χ0n) is 14.7. The summed E-state index contributed by atoms with van der Waals surface area (Å²) < 4.78 is 13.4. The molecule has 1 fully saturated rings. The number of hydrogen-bond acceptors (Lipinski definition) is 4. The van der Waals surface area contributed by atoms with Gasteiger partial charge in [0, 0.05) is 25.6 Å². The third-order valence-corrected chi connectivity index (χ3v) is 3.91. The molecule has 0 bridgehead atoms. The van der Waals surface area contributed by atoms with E-state index in [1.165, 1.54) is 0 Å². The summed E-state index contributed by atoms with van der Waals surface area (Å²) in [5, 5.41) is 0. The van der Waals surface area contributed by atoms with Crippen LogP contribution in [0.5, 0.6) is 0 Å². The normalized spacial score (nSPS) is 19.0. The van der Waals surface area contributed by atoms with Crippen LogP contribution in [0.1, 0.15) is 46.2 Å². The maximum atomic E-state index is 12.2. The monoisotopic (exact) mass is 323 g/mol. The van der Waals surface area contributed by atoms with Gasteiger partial charge in [0.05, 0.1) is 31.4 Å². The van der Waals surface area contributed by atoms with Gasteiger partial charge >= 0.3 is 6.09 Å². The van der Waals surface area contributed by atoms with Crippen molar-refractivity contribution in [1.82, 2.24) is 14.5 Å². The second-order valence-electron chi connectivity index (χ2n) is 7.12. The highest BCUT2D eigenvalue weighted by atomic mass is 16.6. The van der Waals surface area contributed by atoms with Gasteiger partial charge < -0.3 is 18.9 Å². The van der Waals surface area contributed by atoms with Gasteiger partial charge in [-0.1, -0.05) is 0 Å². The SMILES string of the molecule is CCn1cncc1COC[C@H]1CCCN(C(=O)OC(C)(C)C)C1. The molecular formula is C17H29N3O3. The van der Waals surface area contributed by atoms with Gasteiger partial charge in [-0.2, -0.15) is 0 Å². The molecule has 1 aromatic heterocycles. The fraction of sp³-hybridized carbons (Fsp3) is 0.765. The minimum absolute atomic E-state index is 0.216. The fourth-order valence-corrected chi connectivity index (χ4v) is 2.78. The Bertz CT molecular complexity index is 507. The summed E-state index contributed by atoms with van der Waals surface area (Å²) in [5.74, 6) is 0.370. The van der Waals surface area contributed by atoms with E-state index in [0.29, 0.717) is 25.7 Å². The van der Waals surface area contributed by atoms with Gasteiger partial charge in [-0.05, 0) is 40.5 Å². The lowest BCUT2D eigenvalue weighted by molar-refractivity contribution is 0.00549. The first-order valence-electron chi connectivity index (χ1n) is 8.43. The second-order valence-corrected chi connectivity index (χ2v) is 7.12. The molecular weight excluding hydrogens is 294 g/mol. The van der Waals surface area contributed by atoms with Crippen molar-refractivity contribution >= 4 is 6.09 Å². The Kier molecular flexibility index (Phi) is 6.04. The van der Waals surface area contributed by atoms with Crippen LogP contribution in [0.2, 0.25) is 0 Å². The smallest absolute Gasteiger partial charge is 0.410 e. The van der Waals surface area contributed by atoms with Crippen molar-refractivity contribution < 1.29 is 14.3 Å². The summed E-state index contributed by atoms with van der Waals surface area (Å²) in [4.78, 5) is 18.1. The molecule has 2 rings (SSSR count). The summed E-state index contributed by atoms with van der Waals surface area (Å²) in [7, 11) is 0. The van der Waals surface area contributed by atoms with Gasteiger partial charge in [0.15, 0.2) is 0 Å². The largest absolute Gasteiger partial charge is 0.444 e. The van der Waals surface area contributed by atoms with Gasteiger partial charge in [0.25, 0.3) is 0 Å². The average molecular weight is 323 g/mol. The molecule has 130 valence electrons. The fourth-order valence-electron chi connectivity index (χ4n) is 2.78. The maximum absolute atomic E-state index is 12.2. The van der Waals surface area contributed by atoms with Crippen LogP contribution in [0.25, 0.3) is 0 Å². The highest BCUT2D eigenvalue weighted by Gasteiger charge is 2.27. The van der Waals surface area contributed by atoms with Crippen LogP contribution in [0.15, 0.2) is 12.5 Å². The molecule has 0 unspecified atom stereocenters. The zero-order chi connectivity index (χ0) is 16.9. The van der Waals surface area contributed by atoms with Crippen LogP contribution in [0, 0.1) is 5.92 Å². The summed E-state index contributed by atoms with van der Waals surface area (Å²) in [6, 6.07) is 0. The van der Waals surface area contributed by atoms with E-state index >= 15 is 0 Å². The Labute approximate surface area is 138 Å². The van der Waals surface area contributed by atoms with Crippen LogP contribution >= 0.6 is 0 Å². The number of carbonyl (C=O) groups excluding carboxylic acids is 1. The number of piperidine rings is 1. The highest BCUT2D eigenvalue weighted by molar-refractivity contribution is 5.68. The Morgan fingerprint density at radius 3 is 2.91 bits per heavy atom. The summed E-state index contributed by atoms with van der Waals surface area (Å²) >= 11 is 0. The minimum atomic E-state index is -0.445. The van der Waals surface area contributed by atoms with Crippen LogP contribution < -0.4 is 0 Å². The maximum Gasteiger partial charge on any atom is 0.410 e. The molecule has 1 aliphatic rings. The lowest BCUT2D eigenvalue weighted by atomic mass is 9.99. The van der Waals surface area contributed by atoms with Crippen molar-refractivity contribution in [3.63, 3.8) is 0 Å². The predicted molar refractivity (Wildman–Crippen MR) is 88.1 cm³/mol. The van der Waals surface area contributed by atoms with E-state index in [0.717, 1.165) is 31.6 Å². The van der Waals surface area contributed by atoms with Crippen LogP contribution in [0.4, 0.5) is 4.79 Å². The van der Waals surface area contributed by atoms with E-state index in [1.54, 1.807) is 4.90 Å². The molecule has 1 amide bonds. The van der Waals surface area contributed by atoms with E-state index in [1.807, 2.05) is 33.3 Å². The van der Waals surface area contributed by atoms with Crippen molar-refractivity contribution in [2.24, 2.45) is 5.92 Å². The van der Waals surface area contributed by atoms with E-state index in [4.69, 9.17) is 9.47 Å². The minimum Gasteiger partial charge on any atom is -0.444 e. The Morgan fingerprint density at radius 1 is 1.43 bits per heavy atom. The molecule has 0 radical (unpaired) electrons. The second kappa shape index (κ2) is 7.81. The molecule has 6 heteroatoms. The molecule has 2 heterocycles. The summed E-state index contributed by atoms with van der Waals surface area (Å²) in [5.41, 5.74) is 0.645. The molecule has 23 heavy (non-hydrogen) atoms. The van der Waals surface area contributed by atoms with Crippen LogP contribution in [-0.2, 0) is 22.6 Å². The van der Waals surface area contributed by atoms with Crippen molar-refractivity contribution in [3.8, 4) is 0 Å². The van der Waals surface area contributed by atoms with Gasteiger partial charge in [0.1, 0.15) is 5.60 Å². The lowest BCUT2D eigenvalue weighted by Gasteiger charge is -2.34. The van der Waals surface area contributed by atoms with Gasteiger partial charge in [0.2, 0.25) is 0 Å². The molecule has 1 aromatic rings. The van der Waals surface area contributed by atoms with Crippen molar-refractivity contribution in [3.05, 3.63) is 18.2 Å². The van der Waals surface area contributed by atoms with E-state index in [-0.39, 0.29) is 6.09 Å². The number of nitrogens with zero attached hydrogens (tertiary/aromatic N) is 3. The van der Waals surface area contributed by atoms with Crippen molar-refractivity contribution in [1.29, 1.82) is 0 Å². The molecule has 0 N–H and O–H groups in total. The number of rotatable bonds is 5. The third-order valence-electron chi connectivity index (χ3n) is 3.91. The highest BCUT2D eigenvalue weighted by Crippen LogP contribution is 2.20. The molecule has 0 saturated carbocycles. The van der Waals surface area contributed by atoms with E-state index < -0.39 is 5.60 Å².